The fourth-order valence-electron chi connectivity index (χ4n) is 2.32. The molecule has 0 bridgehead atoms. The molecule has 118 valence electrons. The van der Waals surface area contributed by atoms with Gasteiger partial charge in [-0.05, 0) is 54.7 Å². The summed E-state index contributed by atoms with van der Waals surface area (Å²) in [6.45, 7) is 4.08. The maximum absolute atomic E-state index is 11.9. The highest BCUT2D eigenvalue weighted by Gasteiger charge is 2.18. The fraction of sp³-hybridized carbons (Fsp3) is 0.412. The van der Waals surface area contributed by atoms with Crippen LogP contribution in [0.5, 0.6) is 5.75 Å². The van der Waals surface area contributed by atoms with Crippen LogP contribution in [0.25, 0.3) is 6.08 Å². The van der Waals surface area contributed by atoms with Crippen molar-refractivity contribution in [3.05, 3.63) is 35.9 Å². The number of benzene rings is 1. The number of methoxy groups -OCH3 is 1. The molecule has 5 heteroatoms. The first-order valence-electron chi connectivity index (χ1n) is 7.50. The zero-order chi connectivity index (χ0) is 15.9. The number of rotatable bonds is 3. The Morgan fingerprint density at radius 2 is 1.95 bits per heavy atom. The average molecular weight is 318 g/mol. The summed E-state index contributed by atoms with van der Waals surface area (Å²) in [6.07, 6.45) is 5.51. The molecule has 0 unspecified atom stereocenters. The molecule has 1 saturated heterocycles. The molecule has 0 aliphatic carbocycles. The molecule has 1 aliphatic rings. The Bertz CT molecular complexity index is 546. The number of hydrogen-bond donors (Lipinski definition) is 1. The van der Waals surface area contributed by atoms with Crippen molar-refractivity contribution in [2.75, 3.05) is 20.2 Å². The normalized spacial score (nSPS) is 15.8. The monoisotopic (exact) mass is 318 g/mol. The topological polar surface area (TPSA) is 41.6 Å². The van der Waals surface area contributed by atoms with E-state index in [0.717, 1.165) is 43.2 Å². The van der Waals surface area contributed by atoms with Gasteiger partial charge in [-0.15, -0.1) is 0 Å². The maximum Gasteiger partial charge on any atom is 0.250 e. The van der Waals surface area contributed by atoms with Gasteiger partial charge < -0.3 is 9.64 Å². The Morgan fingerprint density at radius 3 is 2.55 bits per heavy atom. The Morgan fingerprint density at radius 1 is 1.32 bits per heavy atom. The van der Waals surface area contributed by atoms with Gasteiger partial charge in [-0.3, -0.25) is 10.1 Å². The number of amides is 1. The molecule has 1 aromatic carbocycles. The summed E-state index contributed by atoms with van der Waals surface area (Å²) in [5.41, 5.74) is 0.939. The molecule has 1 heterocycles. The number of likely N-dealkylation sites (tertiary alicyclic amines) is 1. The number of carbonyl (C=O) groups excluding carboxylic acids is 1. The first-order valence-corrected chi connectivity index (χ1v) is 7.91. The molecular weight excluding hydrogens is 296 g/mol. The quantitative estimate of drug-likeness (QED) is 0.687. The summed E-state index contributed by atoms with van der Waals surface area (Å²) in [5.74, 6) is 1.34. The largest absolute Gasteiger partial charge is 0.497 e. The Labute approximate surface area is 137 Å². The maximum atomic E-state index is 11.9. The van der Waals surface area contributed by atoms with Crippen LogP contribution in [0.15, 0.2) is 30.3 Å². The smallest absolute Gasteiger partial charge is 0.250 e. The van der Waals surface area contributed by atoms with E-state index in [9.17, 15) is 4.79 Å². The van der Waals surface area contributed by atoms with Crippen LogP contribution in [-0.2, 0) is 4.79 Å². The van der Waals surface area contributed by atoms with E-state index in [4.69, 9.17) is 17.0 Å². The van der Waals surface area contributed by atoms with Crippen molar-refractivity contribution >= 4 is 29.3 Å². The number of nitrogens with one attached hydrogen (secondary N) is 1. The SMILES string of the molecule is COc1ccc(/C=C/C(=O)NC(=S)N2CCC(C)CC2)cc1. The van der Waals surface area contributed by atoms with Gasteiger partial charge in [-0.1, -0.05) is 19.1 Å². The van der Waals surface area contributed by atoms with Crippen LogP contribution in [0.1, 0.15) is 25.3 Å². The Kier molecular flexibility index (Phi) is 5.95. The molecule has 0 spiro atoms. The number of nitrogens with zero attached hydrogens (tertiary/aromatic N) is 1. The second-order valence-corrected chi connectivity index (χ2v) is 5.96. The van der Waals surface area contributed by atoms with E-state index in [1.807, 2.05) is 24.3 Å². The van der Waals surface area contributed by atoms with Crippen LogP contribution in [0.4, 0.5) is 0 Å². The second-order valence-electron chi connectivity index (χ2n) is 5.57. The molecule has 0 aromatic heterocycles. The zero-order valence-corrected chi connectivity index (χ0v) is 13.9. The zero-order valence-electron chi connectivity index (χ0n) is 13.0. The molecular formula is C17H22N2O2S. The average Bonchev–Trinajstić information content (AvgIpc) is 2.54. The number of piperidine rings is 1. The Hall–Kier alpha value is -1.88. The van der Waals surface area contributed by atoms with Gasteiger partial charge in [0.05, 0.1) is 7.11 Å². The van der Waals surface area contributed by atoms with Crippen molar-refractivity contribution in [3.63, 3.8) is 0 Å². The van der Waals surface area contributed by atoms with Crippen LogP contribution >= 0.6 is 12.2 Å². The number of carbonyl (C=O) groups is 1. The van der Waals surface area contributed by atoms with Gasteiger partial charge >= 0.3 is 0 Å². The van der Waals surface area contributed by atoms with Crippen molar-refractivity contribution < 1.29 is 9.53 Å². The van der Waals surface area contributed by atoms with Crippen molar-refractivity contribution in [1.82, 2.24) is 10.2 Å². The lowest BCUT2D eigenvalue weighted by molar-refractivity contribution is -0.115. The minimum absolute atomic E-state index is 0.195. The van der Waals surface area contributed by atoms with E-state index in [1.165, 1.54) is 6.08 Å². The third kappa shape index (κ3) is 4.84. The van der Waals surface area contributed by atoms with E-state index < -0.39 is 0 Å². The van der Waals surface area contributed by atoms with Gasteiger partial charge in [0.15, 0.2) is 5.11 Å². The molecule has 1 fully saturated rings. The predicted octanol–water partition coefficient (Wildman–Crippen LogP) is 2.84. The lowest BCUT2D eigenvalue weighted by Gasteiger charge is -2.31. The van der Waals surface area contributed by atoms with Crippen molar-refractivity contribution in [1.29, 1.82) is 0 Å². The second kappa shape index (κ2) is 7.94. The highest BCUT2D eigenvalue weighted by Crippen LogP contribution is 2.16. The van der Waals surface area contributed by atoms with Crippen LogP contribution in [0, 0.1) is 5.92 Å². The summed E-state index contributed by atoms with van der Waals surface area (Å²) in [5, 5.41) is 3.29. The lowest BCUT2D eigenvalue weighted by Crippen LogP contribution is -2.45. The van der Waals surface area contributed by atoms with E-state index in [0.29, 0.717) is 5.11 Å². The van der Waals surface area contributed by atoms with E-state index >= 15 is 0 Å². The van der Waals surface area contributed by atoms with Gasteiger partial charge in [0.2, 0.25) is 5.91 Å². The van der Waals surface area contributed by atoms with Crippen LogP contribution in [0.3, 0.4) is 0 Å². The molecule has 1 amide bonds. The fourth-order valence-corrected chi connectivity index (χ4v) is 2.61. The van der Waals surface area contributed by atoms with Gasteiger partial charge in [0.25, 0.3) is 0 Å². The minimum Gasteiger partial charge on any atom is -0.497 e. The first kappa shape index (κ1) is 16.5. The molecule has 1 N–H and O–H groups in total. The van der Waals surface area contributed by atoms with E-state index in [1.54, 1.807) is 13.2 Å². The van der Waals surface area contributed by atoms with Gasteiger partial charge in [-0.25, -0.2) is 0 Å². The molecule has 0 radical (unpaired) electrons. The van der Waals surface area contributed by atoms with Crippen LogP contribution in [0.2, 0.25) is 0 Å². The van der Waals surface area contributed by atoms with Gasteiger partial charge in [0.1, 0.15) is 5.75 Å². The summed E-state index contributed by atoms with van der Waals surface area (Å²) in [4.78, 5) is 14.0. The van der Waals surface area contributed by atoms with E-state index in [2.05, 4.69) is 17.1 Å². The lowest BCUT2D eigenvalue weighted by atomic mass is 10.00. The molecule has 1 aromatic rings. The molecule has 2 rings (SSSR count). The number of ether oxygens (including phenoxy) is 1. The molecule has 0 saturated carbocycles. The molecule has 0 atom stereocenters. The van der Waals surface area contributed by atoms with Crippen LogP contribution in [-0.4, -0.2) is 36.1 Å². The van der Waals surface area contributed by atoms with Crippen molar-refractivity contribution in [3.8, 4) is 5.75 Å². The third-order valence-electron chi connectivity index (χ3n) is 3.84. The highest BCUT2D eigenvalue weighted by atomic mass is 32.1. The number of hydrogen-bond acceptors (Lipinski definition) is 3. The number of thiocarbonyl (C=S) groups is 1. The van der Waals surface area contributed by atoms with Crippen molar-refractivity contribution in [2.24, 2.45) is 5.92 Å². The summed E-state index contributed by atoms with van der Waals surface area (Å²) in [6, 6.07) is 7.51. The molecule has 4 nitrogen and oxygen atoms in total. The Balaban J connectivity index is 1.83. The summed E-state index contributed by atoms with van der Waals surface area (Å²) < 4.78 is 5.10. The first-order chi connectivity index (χ1) is 10.6. The van der Waals surface area contributed by atoms with Gasteiger partial charge in [0, 0.05) is 19.2 Å². The van der Waals surface area contributed by atoms with Crippen molar-refractivity contribution in [2.45, 2.75) is 19.8 Å². The van der Waals surface area contributed by atoms with E-state index in [-0.39, 0.29) is 5.91 Å². The minimum atomic E-state index is -0.195. The summed E-state index contributed by atoms with van der Waals surface area (Å²) in [7, 11) is 1.63. The van der Waals surface area contributed by atoms with Crippen LogP contribution < -0.4 is 10.1 Å². The highest BCUT2D eigenvalue weighted by molar-refractivity contribution is 7.80. The summed E-state index contributed by atoms with van der Waals surface area (Å²) >= 11 is 5.30. The predicted molar refractivity (Wildman–Crippen MR) is 92.7 cm³/mol. The molecule has 22 heavy (non-hydrogen) atoms. The molecule has 1 aliphatic heterocycles. The third-order valence-corrected chi connectivity index (χ3v) is 4.20. The standard InChI is InChI=1S/C17H22N2O2S/c1-13-9-11-19(12-10-13)17(22)18-16(20)8-5-14-3-6-15(21-2)7-4-14/h3-8,13H,9-12H2,1-2H3,(H,18,20,22)/b8-5+. The van der Waals surface area contributed by atoms with Gasteiger partial charge in [-0.2, -0.15) is 0 Å².